The summed E-state index contributed by atoms with van der Waals surface area (Å²) >= 11 is 3.38. The first-order valence-electron chi connectivity index (χ1n) is 7.46. The molecule has 0 fully saturated rings. The van der Waals surface area contributed by atoms with Crippen LogP contribution in [0.2, 0.25) is 0 Å². The summed E-state index contributed by atoms with van der Waals surface area (Å²) in [5.41, 5.74) is 2.33. The van der Waals surface area contributed by atoms with E-state index >= 15 is 0 Å². The molecule has 4 nitrogen and oxygen atoms in total. The summed E-state index contributed by atoms with van der Waals surface area (Å²) < 4.78 is 0.766. The van der Waals surface area contributed by atoms with Crippen molar-refractivity contribution in [3.8, 4) is 0 Å². The monoisotopic (exact) mass is 374 g/mol. The molecule has 23 heavy (non-hydrogen) atoms. The van der Waals surface area contributed by atoms with E-state index in [4.69, 9.17) is 0 Å². The molecule has 2 N–H and O–H groups in total. The topological polar surface area (TPSA) is 58.2 Å². The van der Waals surface area contributed by atoms with E-state index in [2.05, 4.69) is 26.6 Å². The van der Waals surface area contributed by atoms with Crippen LogP contribution < -0.4 is 10.6 Å². The molecule has 2 aromatic carbocycles. The van der Waals surface area contributed by atoms with Crippen LogP contribution in [0.15, 0.2) is 53.0 Å². The Morgan fingerprint density at radius 2 is 1.74 bits per heavy atom. The Morgan fingerprint density at radius 3 is 2.35 bits per heavy atom. The maximum Gasteiger partial charge on any atom is 0.252 e. The fraction of sp³-hybridized carbons (Fsp3) is 0.222. The van der Waals surface area contributed by atoms with Crippen LogP contribution in [0.1, 0.15) is 42.2 Å². The molecule has 0 aromatic heterocycles. The zero-order chi connectivity index (χ0) is 16.8. The van der Waals surface area contributed by atoms with E-state index in [1.165, 1.54) is 0 Å². The summed E-state index contributed by atoms with van der Waals surface area (Å²) in [6.07, 6.45) is 0.445. The Morgan fingerprint density at radius 1 is 1.09 bits per heavy atom. The molecule has 2 amide bonds. The van der Waals surface area contributed by atoms with E-state index in [1.807, 2.05) is 56.3 Å². The van der Waals surface area contributed by atoms with E-state index in [0.29, 0.717) is 12.0 Å². The third-order valence-electron chi connectivity index (χ3n) is 3.48. The Bertz CT molecular complexity index is 698. The van der Waals surface area contributed by atoms with Crippen molar-refractivity contribution in [2.24, 2.45) is 0 Å². The van der Waals surface area contributed by atoms with Gasteiger partial charge in [0.2, 0.25) is 5.91 Å². The summed E-state index contributed by atoms with van der Waals surface area (Å²) in [6.45, 7) is 3.73. The maximum atomic E-state index is 12.3. The van der Waals surface area contributed by atoms with Crippen LogP contribution in [-0.4, -0.2) is 11.8 Å². The number of halogens is 1. The molecule has 0 saturated carbocycles. The molecule has 2 rings (SSSR count). The number of carbonyl (C=O) groups excluding carboxylic acids is 2. The molecule has 1 unspecified atom stereocenters. The van der Waals surface area contributed by atoms with Crippen molar-refractivity contribution in [2.75, 3.05) is 5.32 Å². The lowest BCUT2D eigenvalue weighted by Crippen LogP contribution is -2.26. The normalized spacial score (nSPS) is 11.6. The highest BCUT2D eigenvalue weighted by Gasteiger charge is 2.13. The van der Waals surface area contributed by atoms with Gasteiger partial charge in [-0.2, -0.15) is 0 Å². The molecule has 1 atom stereocenters. The summed E-state index contributed by atoms with van der Waals surface area (Å²) in [5, 5.41) is 5.77. The van der Waals surface area contributed by atoms with Crippen molar-refractivity contribution in [2.45, 2.75) is 26.3 Å². The van der Waals surface area contributed by atoms with Gasteiger partial charge in [-0.3, -0.25) is 9.59 Å². The molecule has 120 valence electrons. The molecular weight excluding hydrogens is 356 g/mol. The summed E-state index contributed by atoms with van der Waals surface area (Å²) in [6, 6.07) is 14.6. The van der Waals surface area contributed by atoms with Gasteiger partial charge in [-0.1, -0.05) is 31.2 Å². The molecule has 0 heterocycles. The molecule has 0 aliphatic rings. The molecule has 0 saturated heterocycles. The van der Waals surface area contributed by atoms with Gasteiger partial charge in [0.15, 0.2) is 0 Å². The van der Waals surface area contributed by atoms with Crippen molar-refractivity contribution < 1.29 is 9.59 Å². The van der Waals surface area contributed by atoms with Crippen molar-refractivity contribution >= 4 is 33.4 Å². The third-order valence-corrected chi connectivity index (χ3v) is 4.17. The lowest BCUT2D eigenvalue weighted by molar-refractivity contribution is -0.115. The van der Waals surface area contributed by atoms with Crippen LogP contribution in [0.25, 0.3) is 0 Å². The number of benzene rings is 2. The second kappa shape index (κ2) is 7.92. The predicted molar refractivity (Wildman–Crippen MR) is 95.4 cm³/mol. The quantitative estimate of drug-likeness (QED) is 0.819. The first kappa shape index (κ1) is 17.2. The molecule has 0 radical (unpaired) electrons. The highest BCUT2D eigenvalue weighted by Crippen LogP contribution is 2.19. The fourth-order valence-corrected chi connectivity index (χ4v) is 2.57. The summed E-state index contributed by atoms with van der Waals surface area (Å²) in [4.78, 5) is 23.7. The number of anilines is 1. The van der Waals surface area contributed by atoms with Crippen molar-refractivity contribution in [1.29, 1.82) is 0 Å². The van der Waals surface area contributed by atoms with Gasteiger partial charge in [0.1, 0.15) is 0 Å². The minimum Gasteiger partial charge on any atom is -0.345 e. The number of amides is 2. The van der Waals surface area contributed by atoms with Gasteiger partial charge in [-0.15, -0.1) is 0 Å². The van der Waals surface area contributed by atoms with Gasteiger partial charge in [0.25, 0.3) is 5.91 Å². The molecule has 2 aromatic rings. The van der Waals surface area contributed by atoms with E-state index in [0.717, 1.165) is 15.7 Å². The van der Waals surface area contributed by atoms with E-state index in [-0.39, 0.29) is 17.9 Å². The van der Waals surface area contributed by atoms with Crippen LogP contribution in [0, 0.1) is 0 Å². The van der Waals surface area contributed by atoms with Crippen molar-refractivity contribution in [3.05, 3.63) is 64.1 Å². The first-order valence-corrected chi connectivity index (χ1v) is 8.25. The van der Waals surface area contributed by atoms with Crippen LogP contribution >= 0.6 is 15.9 Å². The Labute approximate surface area is 144 Å². The SMILES string of the molecule is CCC(=O)Nc1ccc(C(C)NC(=O)c2ccccc2Br)cc1. The van der Waals surface area contributed by atoms with Gasteiger partial charge < -0.3 is 10.6 Å². The lowest BCUT2D eigenvalue weighted by Gasteiger charge is -2.15. The molecule has 0 aliphatic carbocycles. The second-order valence-corrected chi connectivity index (χ2v) is 6.05. The minimum atomic E-state index is -0.134. The number of nitrogens with one attached hydrogen (secondary N) is 2. The van der Waals surface area contributed by atoms with Crippen LogP contribution in [0.3, 0.4) is 0 Å². The van der Waals surface area contributed by atoms with Gasteiger partial charge in [-0.25, -0.2) is 0 Å². The van der Waals surface area contributed by atoms with Crippen molar-refractivity contribution in [1.82, 2.24) is 5.32 Å². The number of rotatable bonds is 5. The van der Waals surface area contributed by atoms with E-state index in [9.17, 15) is 9.59 Å². The largest absolute Gasteiger partial charge is 0.345 e. The standard InChI is InChI=1S/C18H19BrN2O2/c1-3-17(22)21-14-10-8-13(9-11-14)12(2)20-18(23)15-6-4-5-7-16(15)19/h4-12H,3H2,1-2H3,(H,20,23)(H,21,22). The van der Waals surface area contributed by atoms with Crippen LogP contribution in [0.4, 0.5) is 5.69 Å². The zero-order valence-corrected chi connectivity index (χ0v) is 14.7. The fourth-order valence-electron chi connectivity index (χ4n) is 2.11. The first-order chi connectivity index (χ1) is 11.0. The zero-order valence-electron chi connectivity index (χ0n) is 13.1. The van der Waals surface area contributed by atoms with Gasteiger partial charge >= 0.3 is 0 Å². The van der Waals surface area contributed by atoms with Crippen LogP contribution in [0.5, 0.6) is 0 Å². The summed E-state index contributed by atoms with van der Waals surface area (Å²) in [5.74, 6) is -0.152. The predicted octanol–water partition coefficient (Wildman–Crippen LogP) is 4.29. The highest BCUT2D eigenvalue weighted by atomic mass is 79.9. The molecule has 0 aliphatic heterocycles. The number of hydrogen-bond donors (Lipinski definition) is 2. The Balaban J connectivity index is 2.03. The third kappa shape index (κ3) is 4.66. The van der Waals surface area contributed by atoms with Crippen LogP contribution in [-0.2, 0) is 4.79 Å². The van der Waals surface area contributed by atoms with E-state index in [1.54, 1.807) is 6.07 Å². The highest BCUT2D eigenvalue weighted by molar-refractivity contribution is 9.10. The van der Waals surface area contributed by atoms with Gasteiger partial charge in [0, 0.05) is 16.6 Å². The Hall–Kier alpha value is -2.14. The molecular formula is C18H19BrN2O2. The Kier molecular flexibility index (Phi) is 5.93. The lowest BCUT2D eigenvalue weighted by atomic mass is 10.1. The molecule has 0 spiro atoms. The van der Waals surface area contributed by atoms with E-state index < -0.39 is 0 Å². The minimum absolute atomic E-state index is 0.0203. The van der Waals surface area contributed by atoms with Crippen molar-refractivity contribution in [3.63, 3.8) is 0 Å². The summed E-state index contributed by atoms with van der Waals surface area (Å²) in [7, 11) is 0. The second-order valence-electron chi connectivity index (χ2n) is 5.20. The number of carbonyl (C=O) groups is 2. The average Bonchev–Trinajstić information content (AvgIpc) is 2.55. The van der Waals surface area contributed by atoms with Gasteiger partial charge in [0.05, 0.1) is 11.6 Å². The molecule has 0 bridgehead atoms. The average molecular weight is 375 g/mol. The number of hydrogen-bond acceptors (Lipinski definition) is 2. The maximum absolute atomic E-state index is 12.3. The molecule has 5 heteroatoms. The van der Waals surface area contributed by atoms with Gasteiger partial charge in [-0.05, 0) is 52.7 Å². The smallest absolute Gasteiger partial charge is 0.252 e.